The van der Waals surface area contributed by atoms with E-state index in [9.17, 15) is 0 Å². The summed E-state index contributed by atoms with van der Waals surface area (Å²) in [6.45, 7) is 19.0. The number of hydrogen-bond acceptors (Lipinski definition) is 0. The van der Waals surface area contributed by atoms with Crippen molar-refractivity contribution < 1.29 is 21.3 Å². The molecule has 4 aromatic rings. The Balaban J connectivity index is 1.77. The predicted octanol–water partition coefficient (Wildman–Crippen LogP) is 11.4. The molecule has 0 nitrogen and oxygen atoms in total. The van der Waals surface area contributed by atoms with E-state index in [1.165, 1.54) is 50.1 Å². The maximum absolute atomic E-state index is 3.71. The van der Waals surface area contributed by atoms with Crippen LogP contribution in [0.5, 0.6) is 0 Å². The summed E-state index contributed by atoms with van der Waals surface area (Å²) in [6.07, 6.45) is 9.21. The number of benzene rings is 4. The van der Waals surface area contributed by atoms with Gasteiger partial charge in [-0.05, 0) is 0 Å². The first-order valence-corrected chi connectivity index (χ1v) is 21.0. The zero-order valence-corrected chi connectivity index (χ0v) is 32.9. The van der Waals surface area contributed by atoms with Gasteiger partial charge in [0.15, 0.2) is 0 Å². The van der Waals surface area contributed by atoms with Crippen LogP contribution in [-0.4, -0.2) is 3.21 Å². The molecular weight excluding hydrogens is 743 g/mol. The van der Waals surface area contributed by atoms with E-state index in [0.717, 1.165) is 21.8 Å². The molecular formula is C41H42Br2Zr. The summed E-state index contributed by atoms with van der Waals surface area (Å²) < 4.78 is 7.16. The Bertz CT molecular complexity index is 1820. The molecule has 2 aliphatic rings. The molecule has 224 valence electrons. The number of fused-ring (bicyclic) bond motifs is 3. The Labute approximate surface area is 289 Å². The van der Waals surface area contributed by atoms with Crippen molar-refractivity contribution in [1.82, 2.24) is 0 Å². The molecule has 3 heteroatoms. The summed E-state index contributed by atoms with van der Waals surface area (Å²) in [6, 6.07) is 25.8. The summed E-state index contributed by atoms with van der Waals surface area (Å²) in [4.78, 5) is 0. The molecule has 0 N–H and O–H groups in total. The topological polar surface area (TPSA) is 0 Å². The first kappa shape index (κ1) is 32.0. The first-order chi connectivity index (χ1) is 20.7. The van der Waals surface area contributed by atoms with Crippen LogP contribution in [0, 0.1) is 13.8 Å². The van der Waals surface area contributed by atoms with E-state index in [4.69, 9.17) is 0 Å². The molecule has 0 bridgehead atoms. The second-order valence-corrected chi connectivity index (χ2v) is 22.3. The van der Waals surface area contributed by atoms with Crippen LogP contribution in [0.4, 0.5) is 0 Å². The standard InChI is InChI=1S/C23H29.C13H8Br2.C5H5.Zr/c1-14-9-16-11-17-10-15(2)21(23(6,7)8)13-19(17)18(16)12-20(14)22(3,4)5;14-12-5-1-10(2-6-12)9-11-3-7-13(15)8-4-11;1-2-4-5-3-1;/h9,12-13H,11H2,1-8H3;1-8H;1-3H,4H2;. The number of rotatable bonds is 4. The molecule has 0 radical (unpaired) electrons. The van der Waals surface area contributed by atoms with Crippen molar-refractivity contribution in [2.45, 2.75) is 79.1 Å². The van der Waals surface area contributed by atoms with Gasteiger partial charge in [0.2, 0.25) is 0 Å². The van der Waals surface area contributed by atoms with E-state index in [1.807, 2.05) is 0 Å². The third kappa shape index (κ3) is 5.99. The van der Waals surface area contributed by atoms with Crippen molar-refractivity contribution in [2.24, 2.45) is 0 Å². The van der Waals surface area contributed by atoms with Crippen LogP contribution in [0.15, 0.2) is 97.2 Å². The van der Waals surface area contributed by atoms with Gasteiger partial charge >= 0.3 is 291 Å². The van der Waals surface area contributed by atoms with Gasteiger partial charge in [-0.2, -0.15) is 0 Å². The zero-order chi connectivity index (χ0) is 31.6. The average molecular weight is 786 g/mol. The van der Waals surface area contributed by atoms with E-state index < -0.39 is 21.3 Å². The molecule has 0 unspecified atom stereocenters. The Morgan fingerprint density at radius 1 is 0.705 bits per heavy atom. The van der Waals surface area contributed by atoms with Crippen molar-refractivity contribution in [2.75, 3.05) is 0 Å². The van der Waals surface area contributed by atoms with E-state index in [1.54, 1.807) is 15.3 Å². The molecule has 0 aliphatic heterocycles. The van der Waals surface area contributed by atoms with Gasteiger partial charge in [0.05, 0.1) is 0 Å². The number of hydrogen-bond donors (Lipinski definition) is 0. The summed E-state index contributed by atoms with van der Waals surface area (Å²) >= 11 is 4.64. The molecule has 0 saturated heterocycles. The van der Waals surface area contributed by atoms with Crippen molar-refractivity contribution in [3.05, 3.63) is 142 Å². The van der Waals surface area contributed by atoms with Gasteiger partial charge in [-0.3, -0.25) is 0 Å². The van der Waals surface area contributed by atoms with Gasteiger partial charge in [0.25, 0.3) is 0 Å². The molecule has 6 rings (SSSR count). The summed E-state index contributed by atoms with van der Waals surface area (Å²) in [5, 5.41) is 0. The fourth-order valence-electron chi connectivity index (χ4n) is 7.31. The molecule has 0 atom stereocenters. The average Bonchev–Trinajstić information content (AvgIpc) is 3.59. The number of allylic oxidation sites excluding steroid dienone is 4. The fraction of sp³-hybridized carbons (Fsp3) is 0.293. The Hall–Kier alpha value is -1.93. The third-order valence-electron chi connectivity index (χ3n) is 9.28. The van der Waals surface area contributed by atoms with Crippen molar-refractivity contribution in [3.63, 3.8) is 0 Å². The predicted molar refractivity (Wildman–Crippen MR) is 195 cm³/mol. The van der Waals surface area contributed by atoms with Crippen LogP contribution < -0.4 is 3.27 Å². The summed E-state index contributed by atoms with van der Waals surface area (Å²) in [5.41, 5.74) is 14.8. The Morgan fingerprint density at radius 3 is 1.75 bits per heavy atom. The van der Waals surface area contributed by atoms with Crippen molar-refractivity contribution in [3.8, 4) is 11.1 Å². The van der Waals surface area contributed by atoms with Gasteiger partial charge in [0, 0.05) is 0 Å². The van der Waals surface area contributed by atoms with Crippen LogP contribution in [0.3, 0.4) is 0 Å². The van der Waals surface area contributed by atoms with Gasteiger partial charge in [-0.1, -0.05) is 0 Å². The fourth-order valence-corrected chi connectivity index (χ4v) is 16.2. The summed E-state index contributed by atoms with van der Waals surface area (Å²) in [5.74, 6) is 0. The van der Waals surface area contributed by atoms with Gasteiger partial charge < -0.3 is 0 Å². The van der Waals surface area contributed by atoms with Crippen molar-refractivity contribution in [1.29, 1.82) is 0 Å². The Morgan fingerprint density at radius 2 is 1.25 bits per heavy atom. The van der Waals surface area contributed by atoms with Crippen LogP contribution in [0.25, 0.3) is 11.1 Å². The molecule has 0 spiro atoms. The quantitative estimate of drug-likeness (QED) is 0.170. The minimum absolute atomic E-state index is 0.0418. The van der Waals surface area contributed by atoms with Crippen LogP contribution >= 0.6 is 31.9 Å². The second kappa shape index (κ2) is 12.0. The molecule has 0 saturated carbocycles. The van der Waals surface area contributed by atoms with Gasteiger partial charge in [0.1, 0.15) is 0 Å². The van der Waals surface area contributed by atoms with E-state index >= 15 is 0 Å². The molecule has 0 aromatic heterocycles. The van der Waals surface area contributed by atoms with Gasteiger partial charge in [-0.25, -0.2) is 0 Å². The summed E-state index contributed by atoms with van der Waals surface area (Å²) in [7, 11) is 0. The number of halogens is 2. The third-order valence-corrected chi connectivity index (χ3v) is 18.4. The molecule has 0 fully saturated rings. The van der Waals surface area contributed by atoms with Crippen molar-refractivity contribution >= 4 is 38.3 Å². The SMILES string of the molecule is Cc1cc2c(cc1C(C)(C)C)-c1cc(C(C)(C)C)c(C)[c]([Zr]([C]3=CC=CC3)=[C](c3ccc(Br)cc3)c3ccc(Br)cc3)c1C2. The molecule has 0 heterocycles. The molecule has 2 aliphatic carbocycles. The monoisotopic (exact) mass is 782 g/mol. The first-order valence-electron chi connectivity index (χ1n) is 15.7. The Kier molecular flexibility index (Phi) is 8.75. The molecule has 4 aromatic carbocycles. The van der Waals surface area contributed by atoms with E-state index in [-0.39, 0.29) is 10.8 Å². The van der Waals surface area contributed by atoms with Crippen LogP contribution in [0.1, 0.15) is 92.5 Å². The van der Waals surface area contributed by atoms with Crippen LogP contribution in [0.2, 0.25) is 0 Å². The second-order valence-electron chi connectivity index (χ2n) is 14.5. The minimum atomic E-state index is -2.79. The van der Waals surface area contributed by atoms with Crippen LogP contribution in [-0.2, 0) is 38.5 Å². The normalized spacial score (nSPS) is 14.0. The van der Waals surface area contributed by atoms with E-state index in [2.05, 4.69) is 172 Å². The van der Waals surface area contributed by atoms with Gasteiger partial charge in [-0.15, -0.1) is 0 Å². The zero-order valence-electron chi connectivity index (χ0n) is 27.3. The molecule has 44 heavy (non-hydrogen) atoms. The number of aryl methyl sites for hydroxylation is 1. The molecule has 0 amide bonds. The maximum atomic E-state index is 3.71. The van der Waals surface area contributed by atoms with E-state index in [0.29, 0.717) is 0 Å².